The average Bonchev–Trinajstić information content (AvgIpc) is 2.93. The molecule has 1 aromatic carbocycles. The molecular weight excluding hydrogens is 366 g/mol. The van der Waals surface area contributed by atoms with E-state index >= 15 is 0 Å². The number of hydrogen-bond donors (Lipinski definition) is 0. The van der Waals surface area contributed by atoms with E-state index in [1.807, 2.05) is 0 Å². The summed E-state index contributed by atoms with van der Waals surface area (Å²) >= 11 is 0. The molecule has 0 atom stereocenters. The minimum Gasteiger partial charge on any atom is -0.383 e. The van der Waals surface area contributed by atoms with Gasteiger partial charge in [0.15, 0.2) is 0 Å². The fourth-order valence-electron chi connectivity index (χ4n) is 2.90. The van der Waals surface area contributed by atoms with Gasteiger partial charge in [0, 0.05) is 46.0 Å². The lowest BCUT2D eigenvalue weighted by Crippen LogP contribution is -2.37. The highest BCUT2D eigenvalue weighted by Crippen LogP contribution is 2.32. The van der Waals surface area contributed by atoms with E-state index in [2.05, 4.69) is 6.58 Å². The molecule has 0 unspecified atom stereocenters. The summed E-state index contributed by atoms with van der Waals surface area (Å²) in [4.78, 5) is 39.2. The van der Waals surface area contributed by atoms with E-state index in [1.54, 1.807) is 19.1 Å². The number of hydrogen-bond acceptors (Lipinski definition) is 7. The molecule has 2 rings (SSSR count). The molecule has 0 bridgehead atoms. The van der Waals surface area contributed by atoms with Crippen LogP contribution in [0, 0.1) is 10.1 Å². The topological polar surface area (TPSA) is 102 Å². The van der Waals surface area contributed by atoms with Gasteiger partial charge in [0.1, 0.15) is 5.70 Å². The Kier molecular flexibility index (Phi) is 7.42. The Labute approximate surface area is 163 Å². The van der Waals surface area contributed by atoms with Crippen molar-refractivity contribution in [3.63, 3.8) is 0 Å². The molecule has 1 aliphatic heterocycles. The summed E-state index contributed by atoms with van der Waals surface area (Å²) in [6.45, 7) is 5.13. The number of nitro groups is 1. The molecule has 0 aromatic heterocycles. The number of ether oxygens (including phenoxy) is 2. The third-order valence-electron chi connectivity index (χ3n) is 4.27. The molecule has 0 radical (unpaired) electrons. The van der Waals surface area contributed by atoms with Gasteiger partial charge in [-0.3, -0.25) is 24.6 Å². The maximum absolute atomic E-state index is 13.0. The summed E-state index contributed by atoms with van der Waals surface area (Å²) in [5.74, 6) is -0.904. The van der Waals surface area contributed by atoms with Gasteiger partial charge < -0.3 is 14.4 Å². The van der Waals surface area contributed by atoms with E-state index in [0.29, 0.717) is 31.9 Å². The Balaban J connectivity index is 2.55. The first-order valence-electron chi connectivity index (χ1n) is 8.65. The van der Waals surface area contributed by atoms with Crippen LogP contribution in [0.25, 0.3) is 5.57 Å². The van der Waals surface area contributed by atoms with Gasteiger partial charge in [-0.2, -0.15) is 0 Å². The Bertz CT molecular complexity index is 779. The van der Waals surface area contributed by atoms with Crippen molar-refractivity contribution < 1.29 is 24.0 Å². The third kappa shape index (κ3) is 4.44. The van der Waals surface area contributed by atoms with Crippen LogP contribution in [0.15, 0.2) is 42.6 Å². The monoisotopic (exact) mass is 389 g/mol. The Morgan fingerprint density at radius 2 is 1.68 bits per heavy atom. The van der Waals surface area contributed by atoms with E-state index in [9.17, 15) is 19.7 Å². The second kappa shape index (κ2) is 9.77. The summed E-state index contributed by atoms with van der Waals surface area (Å²) < 4.78 is 10.3. The molecule has 0 saturated heterocycles. The maximum Gasteiger partial charge on any atom is 0.278 e. The van der Waals surface area contributed by atoms with Crippen molar-refractivity contribution >= 4 is 23.1 Å². The summed E-state index contributed by atoms with van der Waals surface area (Å²) in [6.07, 6.45) is 1.47. The predicted molar refractivity (Wildman–Crippen MR) is 102 cm³/mol. The average molecular weight is 389 g/mol. The number of nitrogens with zero attached hydrogens (tertiary/aromatic N) is 3. The Morgan fingerprint density at radius 3 is 2.14 bits per heavy atom. The van der Waals surface area contributed by atoms with Crippen LogP contribution < -0.4 is 0 Å². The largest absolute Gasteiger partial charge is 0.383 e. The first kappa shape index (κ1) is 21.3. The molecule has 1 heterocycles. The summed E-state index contributed by atoms with van der Waals surface area (Å²) in [7, 11) is 3.09. The van der Waals surface area contributed by atoms with E-state index in [4.69, 9.17) is 9.47 Å². The van der Waals surface area contributed by atoms with Crippen molar-refractivity contribution in [1.82, 2.24) is 9.80 Å². The van der Waals surface area contributed by atoms with Gasteiger partial charge in [-0.1, -0.05) is 6.08 Å². The zero-order chi connectivity index (χ0) is 20.7. The number of rotatable bonds is 11. The van der Waals surface area contributed by atoms with Crippen LogP contribution in [0.4, 0.5) is 5.69 Å². The van der Waals surface area contributed by atoms with Crippen LogP contribution in [-0.2, 0) is 19.1 Å². The minimum absolute atomic E-state index is 0.0695. The summed E-state index contributed by atoms with van der Waals surface area (Å²) in [6, 6.07) is 5.56. The molecule has 0 saturated carbocycles. The third-order valence-corrected chi connectivity index (χ3v) is 4.27. The molecule has 9 heteroatoms. The predicted octanol–water partition coefficient (Wildman–Crippen LogP) is 1.46. The molecule has 9 nitrogen and oxygen atoms in total. The number of carbonyl (C=O) groups excluding carboxylic acids is 2. The van der Waals surface area contributed by atoms with Crippen LogP contribution >= 0.6 is 0 Å². The molecule has 150 valence electrons. The van der Waals surface area contributed by atoms with Gasteiger partial charge in [-0.25, -0.2) is 0 Å². The minimum atomic E-state index is -0.520. The zero-order valence-corrected chi connectivity index (χ0v) is 15.9. The number of nitro benzene ring substituents is 1. The van der Waals surface area contributed by atoms with Gasteiger partial charge in [-0.05, 0) is 17.7 Å². The molecule has 0 fully saturated rings. The Morgan fingerprint density at radius 1 is 1.11 bits per heavy atom. The van der Waals surface area contributed by atoms with E-state index in [1.165, 1.54) is 30.3 Å². The maximum atomic E-state index is 13.0. The molecule has 0 aliphatic carbocycles. The van der Waals surface area contributed by atoms with Gasteiger partial charge >= 0.3 is 0 Å². The van der Waals surface area contributed by atoms with Gasteiger partial charge in [0.05, 0.1) is 23.7 Å². The summed E-state index contributed by atoms with van der Waals surface area (Å²) in [5, 5.41) is 10.9. The quantitative estimate of drug-likeness (QED) is 0.244. The fourth-order valence-corrected chi connectivity index (χ4v) is 2.90. The van der Waals surface area contributed by atoms with Crippen LogP contribution in [0.5, 0.6) is 0 Å². The van der Waals surface area contributed by atoms with Crippen LogP contribution in [0.2, 0.25) is 0 Å². The second-order valence-corrected chi connectivity index (χ2v) is 6.01. The van der Waals surface area contributed by atoms with Crippen molar-refractivity contribution in [1.29, 1.82) is 0 Å². The zero-order valence-electron chi connectivity index (χ0n) is 15.9. The molecule has 1 aromatic rings. The fraction of sp³-hybridized carbons (Fsp3) is 0.368. The van der Waals surface area contributed by atoms with Gasteiger partial charge in [0.2, 0.25) is 0 Å². The molecule has 28 heavy (non-hydrogen) atoms. The molecular formula is C19H23N3O6. The Hall–Kier alpha value is -3.04. The molecule has 1 aliphatic rings. The first-order chi connectivity index (χ1) is 13.5. The first-order valence-corrected chi connectivity index (χ1v) is 8.65. The lowest BCUT2D eigenvalue weighted by molar-refractivity contribution is -0.384. The molecule has 0 spiro atoms. The van der Waals surface area contributed by atoms with Crippen molar-refractivity contribution in [2.24, 2.45) is 0 Å². The SMILES string of the molecule is C=CCN1C(=O)C(c2ccc([N+](=O)[O-])cc2)=C(N(CCOC)CCOC)C1=O. The normalized spacial score (nSPS) is 14.0. The smallest absolute Gasteiger partial charge is 0.278 e. The number of imide groups is 1. The highest BCUT2D eigenvalue weighted by atomic mass is 16.6. The standard InChI is InChI=1S/C19H23N3O6/c1-4-9-21-18(23)16(14-5-7-15(8-6-14)22(25)26)17(19(21)24)20(10-12-27-2)11-13-28-3/h4-8H,1,9-13H2,2-3H3. The molecule has 0 N–H and O–H groups in total. The van der Waals surface area contributed by atoms with Crippen molar-refractivity contribution in [2.45, 2.75) is 0 Å². The van der Waals surface area contributed by atoms with Crippen LogP contribution in [0.1, 0.15) is 5.56 Å². The van der Waals surface area contributed by atoms with Crippen molar-refractivity contribution in [2.75, 3.05) is 47.1 Å². The number of amides is 2. The van der Waals surface area contributed by atoms with E-state index in [0.717, 1.165) is 4.90 Å². The van der Waals surface area contributed by atoms with Crippen LogP contribution in [-0.4, -0.2) is 73.6 Å². The van der Waals surface area contributed by atoms with Gasteiger partial charge in [-0.15, -0.1) is 6.58 Å². The number of methoxy groups -OCH3 is 2. The lowest BCUT2D eigenvalue weighted by Gasteiger charge is -2.25. The second-order valence-electron chi connectivity index (χ2n) is 6.01. The highest BCUT2D eigenvalue weighted by Gasteiger charge is 2.40. The number of carbonyl (C=O) groups is 2. The summed E-state index contributed by atoms with van der Waals surface area (Å²) in [5.41, 5.74) is 0.773. The van der Waals surface area contributed by atoms with Crippen molar-refractivity contribution in [3.8, 4) is 0 Å². The van der Waals surface area contributed by atoms with E-state index < -0.39 is 16.7 Å². The lowest BCUT2D eigenvalue weighted by atomic mass is 10.0. The van der Waals surface area contributed by atoms with Gasteiger partial charge in [0.25, 0.3) is 17.5 Å². The number of non-ortho nitro benzene ring substituents is 1. The molecule has 2 amide bonds. The highest BCUT2D eigenvalue weighted by molar-refractivity contribution is 6.35. The van der Waals surface area contributed by atoms with E-state index in [-0.39, 0.29) is 23.5 Å². The van der Waals surface area contributed by atoms with Crippen LogP contribution in [0.3, 0.4) is 0 Å². The van der Waals surface area contributed by atoms with Crippen molar-refractivity contribution in [3.05, 3.63) is 58.3 Å². The number of benzene rings is 1.